The molecule has 0 heterocycles. The van der Waals surface area contributed by atoms with Crippen LogP contribution in [0.5, 0.6) is 0 Å². The fourth-order valence-electron chi connectivity index (χ4n) is 4.07. The molecule has 0 saturated heterocycles. The molecule has 3 aromatic rings. The molecule has 0 aliphatic heterocycles. The molecule has 0 saturated carbocycles. The van der Waals surface area contributed by atoms with Gasteiger partial charge in [-0.2, -0.15) is 0 Å². The standard InChI is InChI=1S/C28H27Cl2NO5/c1-17(31-26(32)15-22(28(35)36)16-27(33)34)21(13-18-9-12-24(29)25(30)14-18)11-10-20-7-4-6-19-5-2-3-8-23(19)20/h2-12,14,17,21-22H,13,15-16H2,1H3,(H,31,32)(H,33,34)(H,35,36)/b11-10+. The molecule has 36 heavy (non-hydrogen) atoms. The molecule has 0 aliphatic carbocycles. The van der Waals surface area contributed by atoms with E-state index in [2.05, 4.69) is 5.32 Å². The summed E-state index contributed by atoms with van der Waals surface area (Å²) in [6, 6.07) is 19.1. The van der Waals surface area contributed by atoms with Gasteiger partial charge in [-0.1, -0.05) is 83.9 Å². The van der Waals surface area contributed by atoms with E-state index in [1.165, 1.54) is 0 Å². The minimum absolute atomic E-state index is 0.173. The predicted molar refractivity (Wildman–Crippen MR) is 142 cm³/mol. The Morgan fingerprint density at radius 1 is 0.944 bits per heavy atom. The van der Waals surface area contributed by atoms with Crippen molar-refractivity contribution in [3.8, 4) is 0 Å². The van der Waals surface area contributed by atoms with Gasteiger partial charge < -0.3 is 15.5 Å². The summed E-state index contributed by atoms with van der Waals surface area (Å²) in [4.78, 5) is 35.0. The van der Waals surface area contributed by atoms with Crippen LogP contribution < -0.4 is 5.32 Å². The third-order valence-electron chi connectivity index (χ3n) is 6.03. The number of halogens is 2. The van der Waals surface area contributed by atoms with Gasteiger partial charge in [0.2, 0.25) is 5.91 Å². The van der Waals surface area contributed by atoms with E-state index in [1.54, 1.807) is 12.1 Å². The molecule has 0 aliphatic rings. The maximum Gasteiger partial charge on any atom is 0.307 e. The summed E-state index contributed by atoms with van der Waals surface area (Å²) in [5, 5.41) is 24.2. The minimum Gasteiger partial charge on any atom is -0.481 e. The van der Waals surface area contributed by atoms with Crippen molar-refractivity contribution in [2.45, 2.75) is 32.2 Å². The van der Waals surface area contributed by atoms with E-state index in [9.17, 15) is 19.5 Å². The van der Waals surface area contributed by atoms with E-state index in [0.717, 1.165) is 21.9 Å². The molecule has 3 atom stereocenters. The van der Waals surface area contributed by atoms with Crippen molar-refractivity contribution in [2.75, 3.05) is 0 Å². The number of hydrogen-bond acceptors (Lipinski definition) is 3. The fraction of sp³-hybridized carbons (Fsp3) is 0.250. The molecule has 188 valence electrons. The average molecular weight is 528 g/mol. The molecule has 3 N–H and O–H groups in total. The van der Waals surface area contributed by atoms with E-state index in [1.807, 2.05) is 67.6 Å². The largest absolute Gasteiger partial charge is 0.481 e. The topological polar surface area (TPSA) is 104 Å². The number of aliphatic carboxylic acids is 2. The van der Waals surface area contributed by atoms with Crippen molar-refractivity contribution in [1.29, 1.82) is 0 Å². The molecular weight excluding hydrogens is 501 g/mol. The summed E-state index contributed by atoms with van der Waals surface area (Å²) in [5.41, 5.74) is 1.95. The zero-order chi connectivity index (χ0) is 26.2. The first-order valence-corrected chi connectivity index (χ1v) is 12.2. The molecule has 3 rings (SSSR count). The number of amides is 1. The van der Waals surface area contributed by atoms with Gasteiger partial charge in [-0.25, -0.2) is 0 Å². The van der Waals surface area contributed by atoms with E-state index in [0.29, 0.717) is 16.5 Å². The Hall–Kier alpha value is -3.35. The van der Waals surface area contributed by atoms with Crippen LogP contribution in [-0.2, 0) is 20.8 Å². The number of carbonyl (C=O) groups is 3. The second-order valence-electron chi connectivity index (χ2n) is 8.74. The highest BCUT2D eigenvalue weighted by Gasteiger charge is 2.26. The monoisotopic (exact) mass is 527 g/mol. The molecule has 0 aromatic heterocycles. The molecule has 0 radical (unpaired) electrons. The average Bonchev–Trinajstić information content (AvgIpc) is 2.83. The zero-order valence-corrected chi connectivity index (χ0v) is 21.2. The summed E-state index contributed by atoms with van der Waals surface area (Å²) in [7, 11) is 0. The molecule has 0 bridgehead atoms. The van der Waals surface area contributed by atoms with Crippen molar-refractivity contribution < 1.29 is 24.6 Å². The van der Waals surface area contributed by atoms with E-state index in [4.69, 9.17) is 28.3 Å². The minimum atomic E-state index is -1.32. The van der Waals surface area contributed by atoms with Crippen molar-refractivity contribution in [3.63, 3.8) is 0 Å². The molecule has 8 heteroatoms. The SMILES string of the molecule is CC(NC(=O)CC(CC(=O)O)C(=O)O)C(/C=C/c1cccc2ccccc12)Cc1ccc(Cl)c(Cl)c1. The number of carbonyl (C=O) groups excluding carboxylic acids is 1. The van der Waals surface area contributed by atoms with Crippen LogP contribution >= 0.6 is 23.2 Å². The first kappa shape index (κ1) is 27.2. The van der Waals surface area contributed by atoms with Gasteiger partial charge in [0.1, 0.15) is 0 Å². The second-order valence-corrected chi connectivity index (χ2v) is 9.55. The Bertz CT molecular complexity index is 1280. The van der Waals surface area contributed by atoms with Crippen LogP contribution in [0.15, 0.2) is 66.7 Å². The normalized spacial score (nSPS) is 13.9. The van der Waals surface area contributed by atoms with Crippen LogP contribution in [0, 0.1) is 11.8 Å². The number of carboxylic acids is 2. The van der Waals surface area contributed by atoms with Crippen LogP contribution in [-0.4, -0.2) is 34.1 Å². The number of rotatable bonds is 11. The fourth-order valence-corrected chi connectivity index (χ4v) is 4.40. The molecule has 6 nitrogen and oxygen atoms in total. The Balaban J connectivity index is 1.84. The highest BCUT2D eigenvalue weighted by atomic mass is 35.5. The lowest BCUT2D eigenvalue weighted by molar-refractivity contribution is -0.149. The van der Waals surface area contributed by atoms with Crippen LogP contribution in [0.4, 0.5) is 0 Å². The summed E-state index contributed by atoms with van der Waals surface area (Å²) < 4.78 is 0. The Labute approximate surface area is 219 Å². The van der Waals surface area contributed by atoms with Gasteiger partial charge in [0, 0.05) is 18.4 Å². The van der Waals surface area contributed by atoms with E-state index in [-0.39, 0.29) is 12.0 Å². The van der Waals surface area contributed by atoms with Gasteiger partial charge in [-0.3, -0.25) is 14.4 Å². The lowest BCUT2D eigenvalue weighted by atomic mass is 9.91. The number of carboxylic acid groups (broad SMARTS) is 2. The van der Waals surface area contributed by atoms with Gasteiger partial charge in [0.05, 0.1) is 22.4 Å². The van der Waals surface area contributed by atoms with Crippen LogP contribution in [0.3, 0.4) is 0 Å². The molecule has 0 fully saturated rings. The lowest BCUT2D eigenvalue weighted by Crippen LogP contribution is -2.40. The van der Waals surface area contributed by atoms with Gasteiger partial charge in [-0.05, 0) is 47.4 Å². The summed E-state index contributed by atoms with van der Waals surface area (Å²) in [5.74, 6) is -4.57. The number of benzene rings is 3. The number of hydrogen-bond donors (Lipinski definition) is 3. The summed E-state index contributed by atoms with van der Waals surface area (Å²) in [6.45, 7) is 1.83. The lowest BCUT2D eigenvalue weighted by Gasteiger charge is -2.23. The van der Waals surface area contributed by atoms with Crippen LogP contribution in [0.1, 0.15) is 30.9 Å². The van der Waals surface area contributed by atoms with E-state index >= 15 is 0 Å². The molecule has 0 spiro atoms. The zero-order valence-electron chi connectivity index (χ0n) is 19.7. The Kier molecular flexibility index (Phi) is 9.51. The van der Waals surface area contributed by atoms with Crippen molar-refractivity contribution in [3.05, 3.63) is 87.9 Å². The van der Waals surface area contributed by atoms with Crippen molar-refractivity contribution in [2.24, 2.45) is 11.8 Å². The molecule has 3 unspecified atom stereocenters. The highest BCUT2D eigenvalue weighted by Crippen LogP contribution is 2.26. The van der Waals surface area contributed by atoms with Gasteiger partial charge in [0.15, 0.2) is 0 Å². The van der Waals surface area contributed by atoms with Crippen molar-refractivity contribution in [1.82, 2.24) is 5.32 Å². The Morgan fingerprint density at radius 3 is 2.36 bits per heavy atom. The first-order valence-electron chi connectivity index (χ1n) is 11.5. The molecular formula is C28H27Cl2NO5. The number of nitrogens with one attached hydrogen (secondary N) is 1. The van der Waals surface area contributed by atoms with Gasteiger partial charge >= 0.3 is 11.9 Å². The highest BCUT2D eigenvalue weighted by molar-refractivity contribution is 6.42. The van der Waals surface area contributed by atoms with Crippen LogP contribution in [0.2, 0.25) is 10.0 Å². The maximum atomic E-state index is 12.6. The Morgan fingerprint density at radius 2 is 1.67 bits per heavy atom. The summed E-state index contributed by atoms with van der Waals surface area (Å²) >= 11 is 12.3. The van der Waals surface area contributed by atoms with Crippen molar-refractivity contribution >= 4 is 57.9 Å². The van der Waals surface area contributed by atoms with Crippen LogP contribution in [0.25, 0.3) is 16.8 Å². The quantitative estimate of drug-likeness (QED) is 0.280. The number of fused-ring (bicyclic) bond motifs is 1. The predicted octanol–water partition coefficient (Wildman–Crippen LogP) is 6.09. The summed E-state index contributed by atoms with van der Waals surface area (Å²) in [6.07, 6.45) is 3.53. The van der Waals surface area contributed by atoms with E-state index < -0.39 is 36.6 Å². The first-order chi connectivity index (χ1) is 17.1. The molecule has 3 aromatic carbocycles. The molecule has 1 amide bonds. The smallest absolute Gasteiger partial charge is 0.307 e. The third kappa shape index (κ3) is 7.57. The maximum absolute atomic E-state index is 12.6. The second kappa shape index (κ2) is 12.6. The van der Waals surface area contributed by atoms with Gasteiger partial charge in [-0.15, -0.1) is 0 Å². The third-order valence-corrected chi connectivity index (χ3v) is 6.77. The van der Waals surface area contributed by atoms with Gasteiger partial charge in [0.25, 0.3) is 0 Å².